The molecule has 0 unspecified atom stereocenters. The number of carbonyl (C=O) groups is 1. The van der Waals surface area contributed by atoms with Crippen LogP contribution in [0.3, 0.4) is 0 Å². The van der Waals surface area contributed by atoms with Crippen LogP contribution in [-0.2, 0) is 22.5 Å². The Hall–Kier alpha value is -1.76. The summed E-state index contributed by atoms with van der Waals surface area (Å²) < 4.78 is 35.8. The molecule has 106 valence electrons. The largest absolute Gasteiger partial charge is 0.481 e. The van der Waals surface area contributed by atoms with E-state index in [-0.39, 0.29) is 31.0 Å². The Bertz CT molecular complexity index is 453. The predicted molar refractivity (Wildman–Crippen MR) is 64.0 cm³/mol. The number of pyridine rings is 1. The molecule has 0 aliphatic rings. The van der Waals surface area contributed by atoms with Crippen LogP contribution in [0.5, 0.6) is 5.88 Å². The molecule has 1 heterocycles. The van der Waals surface area contributed by atoms with Crippen molar-refractivity contribution in [3.8, 4) is 5.88 Å². The molecule has 0 atom stereocenters. The molecule has 0 bridgehead atoms. The fraction of sp³-hybridized carbons (Fsp3) is 0.500. The van der Waals surface area contributed by atoms with Gasteiger partial charge in [-0.05, 0) is 18.1 Å². The van der Waals surface area contributed by atoms with Gasteiger partial charge in [0.2, 0.25) is 5.88 Å². The van der Waals surface area contributed by atoms with E-state index in [0.717, 1.165) is 0 Å². The minimum atomic E-state index is -2.81. The summed E-state index contributed by atoms with van der Waals surface area (Å²) >= 11 is 0. The topological polar surface area (TPSA) is 74.4 Å². The van der Waals surface area contributed by atoms with Gasteiger partial charge in [0.15, 0.2) is 0 Å². The molecule has 1 aromatic rings. The molecule has 0 amide bonds. The van der Waals surface area contributed by atoms with Gasteiger partial charge in [0.25, 0.3) is 6.43 Å². The molecular weight excluding hydrogens is 258 g/mol. The maximum atomic E-state index is 13.1. The van der Waals surface area contributed by atoms with Crippen LogP contribution in [0, 0.1) is 0 Å². The van der Waals surface area contributed by atoms with Crippen LogP contribution in [0.4, 0.5) is 8.78 Å². The molecule has 0 aromatic carbocycles. The number of hydrogen-bond acceptors (Lipinski definition) is 5. The lowest BCUT2D eigenvalue weighted by Crippen LogP contribution is -2.15. The van der Waals surface area contributed by atoms with Crippen molar-refractivity contribution in [3.63, 3.8) is 0 Å². The Kier molecular flexibility index (Phi) is 5.62. The van der Waals surface area contributed by atoms with Gasteiger partial charge in [-0.15, -0.1) is 0 Å². The average molecular weight is 274 g/mol. The molecule has 1 aromatic heterocycles. The molecular formula is C12H16F2N2O3. The van der Waals surface area contributed by atoms with Crippen molar-refractivity contribution in [2.24, 2.45) is 5.73 Å². The van der Waals surface area contributed by atoms with E-state index in [9.17, 15) is 13.6 Å². The van der Waals surface area contributed by atoms with Gasteiger partial charge in [0.1, 0.15) is 0 Å². The van der Waals surface area contributed by atoms with Crippen molar-refractivity contribution in [2.45, 2.75) is 26.3 Å². The Morgan fingerprint density at radius 2 is 2.21 bits per heavy atom. The van der Waals surface area contributed by atoms with E-state index in [1.165, 1.54) is 13.3 Å². The second-order valence-electron chi connectivity index (χ2n) is 3.67. The number of carbonyl (C=O) groups excluding carboxylic acids is 1. The fourth-order valence-electron chi connectivity index (χ4n) is 1.71. The van der Waals surface area contributed by atoms with Gasteiger partial charge in [-0.25, -0.2) is 13.8 Å². The lowest BCUT2D eigenvalue weighted by atomic mass is 10.0. The van der Waals surface area contributed by atoms with Gasteiger partial charge in [-0.1, -0.05) is 0 Å². The fourth-order valence-corrected chi connectivity index (χ4v) is 1.71. The molecule has 5 nitrogen and oxygen atoms in total. The first-order valence-corrected chi connectivity index (χ1v) is 5.73. The number of nitrogens with zero attached hydrogens (tertiary/aromatic N) is 1. The maximum absolute atomic E-state index is 13.1. The molecule has 0 saturated heterocycles. The predicted octanol–water partition coefficient (Wildman–Crippen LogP) is 1.59. The quantitative estimate of drug-likeness (QED) is 0.797. The Labute approximate surface area is 109 Å². The number of alkyl halides is 2. The molecule has 1 rings (SSSR count). The van der Waals surface area contributed by atoms with Crippen LogP contribution < -0.4 is 10.5 Å². The van der Waals surface area contributed by atoms with Gasteiger partial charge in [0.05, 0.1) is 25.7 Å². The summed E-state index contributed by atoms with van der Waals surface area (Å²) in [6.07, 6.45) is -1.75. The zero-order valence-electron chi connectivity index (χ0n) is 10.8. The second-order valence-corrected chi connectivity index (χ2v) is 3.67. The summed E-state index contributed by atoms with van der Waals surface area (Å²) in [5.41, 5.74) is 5.59. The van der Waals surface area contributed by atoms with Gasteiger partial charge in [-0.2, -0.15) is 0 Å². The number of hydrogen-bond donors (Lipinski definition) is 1. The summed E-state index contributed by atoms with van der Waals surface area (Å²) in [7, 11) is 1.24. The molecule has 0 saturated carbocycles. The Morgan fingerprint density at radius 1 is 1.53 bits per heavy atom. The molecule has 7 heteroatoms. The molecule has 0 spiro atoms. The number of esters is 1. The lowest BCUT2D eigenvalue weighted by molar-refractivity contribution is -0.142. The van der Waals surface area contributed by atoms with E-state index >= 15 is 0 Å². The Balaban J connectivity index is 3.26. The smallest absolute Gasteiger partial charge is 0.310 e. The summed E-state index contributed by atoms with van der Waals surface area (Å²) in [5.74, 6) is -0.793. The number of ether oxygens (including phenoxy) is 2. The maximum Gasteiger partial charge on any atom is 0.310 e. The van der Waals surface area contributed by atoms with Crippen LogP contribution in [0.2, 0.25) is 0 Å². The van der Waals surface area contributed by atoms with Gasteiger partial charge in [0, 0.05) is 12.7 Å². The van der Waals surface area contributed by atoms with E-state index in [4.69, 9.17) is 15.2 Å². The molecule has 0 aliphatic carbocycles. The number of halogens is 2. The van der Waals surface area contributed by atoms with Crippen LogP contribution in [0.15, 0.2) is 6.20 Å². The molecule has 0 fully saturated rings. The molecule has 0 aliphatic heterocycles. The average Bonchev–Trinajstić information content (AvgIpc) is 2.37. The van der Waals surface area contributed by atoms with E-state index in [2.05, 4.69) is 4.98 Å². The van der Waals surface area contributed by atoms with E-state index in [0.29, 0.717) is 5.56 Å². The highest BCUT2D eigenvalue weighted by molar-refractivity contribution is 5.74. The van der Waals surface area contributed by atoms with Gasteiger partial charge in [-0.3, -0.25) is 4.79 Å². The monoisotopic (exact) mass is 274 g/mol. The van der Waals surface area contributed by atoms with Gasteiger partial charge >= 0.3 is 5.97 Å². The minimum Gasteiger partial charge on any atom is -0.481 e. The van der Waals surface area contributed by atoms with Crippen molar-refractivity contribution in [2.75, 3.05) is 13.7 Å². The van der Waals surface area contributed by atoms with Crippen LogP contribution in [-0.4, -0.2) is 24.7 Å². The van der Waals surface area contributed by atoms with E-state index in [1.807, 2.05) is 0 Å². The molecule has 19 heavy (non-hydrogen) atoms. The van der Waals surface area contributed by atoms with Crippen molar-refractivity contribution in [1.29, 1.82) is 0 Å². The van der Waals surface area contributed by atoms with Gasteiger partial charge < -0.3 is 15.2 Å². The standard InChI is InChI=1S/C12H16F2N2O3/c1-3-19-9(17)4-8-7(5-15)6-16-12(18-2)10(8)11(13)14/h6,11H,3-5,15H2,1-2H3. The van der Waals surface area contributed by atoms with Crippen molar-refractivity contribution in [1.82, 2.24) is 4.98 Å². The number of nitrogens with two attached hydrogens (primary N) is 1. The first-order chi connectivity index (χ1) is 9.04. The zero-order valence-corrected chi connectivity index (χ0v) is 10.8. The zero-order chi connectivity index (χ0) is 14.4. The normalized spacial score (nSPS) is 10.6. The SMILES string of the molecule is CCOC(=O)Cc1c(CN)cnc(OC)c1C(F)F. The number of methoxy groups -OCH3 is 1. The van der Waals surface area contributed by atoms with Crippen LogP contribution >= 0.6 is 0 Å². The minimum absolute atomic E-state index is 0.00541. The third-order valence-corrected chi connectivity index (χ3v) is 2.54. The van der Waals surface area contributed by atoms with Crippen LogP contribution in [0.1, 0.15) is 30.0 Å². The highest BCUT2D eigenvalue weighted by atomic mass is 19.3. The first kappa shape index (κ1) is 15.3. The summed E-state index contributed by atoms with van der Waals surface area (Å²) in [5, 5.41) is 0. The third-order valence-electron chi connectivity index (χ3n) is 2.54. The molecule has 0 radical (unpaired) electrons. The van der Waals surface area contributed by atoms with Crippen molar-refractivity contribution in [3.05, 3.63) is 22.9 Å². The number of rotatable bonds is 6. The van der Waals surface area contributed by atoms with E-state index in [1.54, 1.807) is 6.92 Å². The number of aromatic nitrogens is 1. The molecule has 2 N–H and O–H groups in total. The van der Waals surface area contributed by atoms with Crippen molar-refractivity contribution < 1.29 is 23.0 Å². The lowest BCUT2D eigenvalue weighted by Gasteiger charge is -2.15. The first-order valence-electron chi connectivity index (χ1n) is 5.73. The highest BCUT2D eigenvalue weighted by Gasteiger charge is 2.24. The van der Waals surface area contributed by atoms with E-state index < -0.39 is 18.0 Å². The van der Waals surface area contributed by atoms with Crippen molar-refractivity contribution >= 4 is 5.97 Å². The summed E-state index contributed by atoms with van der Waals surface area (Å²) in [6.45, 7) is 1.83. The Morgan fingerprint density at radius 3 is 2.68 bits per heavy atom. The summed E-state index contributed by atoms with van der Waals surface area (Å²) in [6, 6.07) is 0. The van der Waals surface area contributed by atoms with Crippen LogP contribution in [0.25, 0.3) is 0 Å². The highest BCUT2D eigenvalue weighted by Crippen LogP contribution is 2.32. The summed E-state index contributed by atoms with van der Waals surface area (Å²) in [4.78, 5) is 15.3. The second kappa shape index (κ2) is 6.98. The third kappa shape index (κ3) is 3.60.